The molecule has 0 amide bonds. The summed E-state index contributed by atoms with van der Waals surface area (Å²) in [4.78, 5) is 24.5. The number of carbonyl (C=O) groups is 1. The van der Waals surface area contributed by atoms with E-state index in [4.69, 9.17) is 9.84 Å². The summed E-state index contributed by atoms with van der Waals surface area (Å²) in [5, 5.41) is 12.6. The van der Waals surface area contributed by atoms with Gasteiger partial charge in [-0.2, -0.15) is 5.10 Å². The van der Waals surface area contributed by atoms with Gasteiger partial charge in [0.25, 0.3) is 5.56 Å². The van der Waals surface area contributed by atoms with E-state index in [2.05, 4.69) is 10.1 Å². The quantitative estimate of drug-likeness (QED) is 0.755. The number of H-pyrrole nitrogens is 1. The molecule has 2 aromatic rings. The molecule has 0 saturated carbocycles. The van der Waals surface area contributed by atoms with Crippen LogP contribution >= 0.6 is 0 Å². The molecular formula is C9H9N3O4. The van der Waals surface area contributed by atoms with Crippen molar-refractivity contribution in [3.05, 3.63) is 33.9 Å². The normalized spacial score (nSPS) is 10.8. The van der Waals surface area contributed by atoms with Crippen LogP contribution in [0, 0.1) is 0 Å². The Bertz CT molecular complexity index is 598. The summed E-state index contributed by atoms with van der Waals surface area (Å²) >= 11 is 0. The van der Waals surface area contributed by atoms with Gasteiger partial charge >= 0.3 is 5.97 Å². The van der Waals surface area contributed by atoms with Gasteiger partial charge in [0.1, 0.15) is 5.65 Å². The largest absolute Gasteiger partial charge is 0.476 e. The lowest BCUT2D eigenvalue weighted by Gasteiger charge is -2.01. The third kappa shape index (κ3) is 1.68. The summed E-state index contributed by atoms with van der Waals surface area (Å²) in [5.41, 5.74) is 0.376. The molecule has 2 aromatic heterocycles. The number of hydrogen-bond donors (Lipinski definition) is 2. The number of nitrogens with zero attached hydrogens (tertiary/aromatic N) is 2. The lowest BCUT2D eigenvalue weighted by Crippen LogP contribution is -2.12. The van der Waals surface area contributed by atoms with E-state index in [0.29, 0.717) is 11.3 Å². The van der Waals surface area contributed by atoms with Crippen LogP contribution in [-0.2, 0) is 11.3 Å². The van der Waals surface area contributed by atoms with Crippen molar-refractivity contribution in [3.8, 4) is 0 Å². The number of carboxylic acid groups (broad SMARTS) is 1. The van der Waals surface area contributed by atoms with Crippen LogP contribution in [0.3, 0.4) is 0 Å². The van der Waals surface area contributed by atoms with Crippen LogP contribution in [0.4, 0.5) is 0 Å². The number of carboxylic acids is 1. The van der Waals surface area contributed by atoms with Gasteiger partial charge in [-0.25, -0.2) is 9.31 Å². The maximum absolute atomic E-state index is 11.3. The van der Waals surface area contributed by atoms with E-state index in [1.54, 1.807) is 0 Å². The van der Waals surface area contributed by atoms with Gasteiger partial charge in [-0.3, -0.25) is 4.79 Å². The Labute approximate surface area is 89.3 Å². The predicted octanol–water partition coefficient (Wildman–Crippen LogP) is -0.133. The van der Waals surface area contributed by atoms with Crippen LogP contribution in [-0.4, -0.2) is 32.8 Å². The van der Waals surface area contributed by atoms with Gasteiger partial charge in [0.2, 0.25) is 0 Å². The highest BCUT2D eigenvalue weighted by atomic mass is 16.5. The number of rotatable bonds is 3. The Morgan fingerprint density at radius 1 is 1.62 bits per heavy atom. The number of methoxy groups -OCH3 is 1. The van der Waals surface area contributed by atoms with Gasteiger partial charge < -0.3 is 14.8 Å². The number of aromatic amines is 1. The van der Waals surface area contributed by atoms with Crippen molar-refractivity contribution < 1.29 is 14.6 Å². The molecule has 0 bridgehead atoms. The first-order chi connectivity index (χ1) is 7.61. The summed E-state index contributed by atoms with van der Waals surface area (Å²) in [6, 6.07) is 2.61. The second-order valence-corrected chi connectivity index (χ2v) is 3.19. The van der Waals surface area contributed by atoms with E-state index < -0.39 is 5.97 Å². The van der Waals surface area contributed by atoms with Crippen molar-refractivity contribution in [2.45, 2.75) is 6.61 Å². The van der Waals surface area contributed by atoms with Crippen LogP contribution < -0.4 is 5.56 Å². The fourth-order valence-electron chi connectivity index (χ4n) is 1.42. The molecule has 2 heterocycles. The molecule has 84 valence electrons. The molecule has 7 heteroatoms. The van der Waals surface area contributed by atoms with E-state index in [1.807, 2.05) is 0 Å². The smallest absolute Gasteiger partial charge is 0.356 e. The average Bonchev–Trinajstić information content (AvgIpc) is 2.61. The highest BCUT2D eigenvalue weighted by Crippen LogP contribution is 2.06. The van der Waals surface area contributed by atoms with Crippen molar-refractivity contribution in [3.63, 3.8) is 0 Å². The molecule has 2 rings (SSSR count). The van der Waals surface area contributed by atoms with Crippen LogP contribution in [0.15, 0.2) is 16.9 Å². The van der Waals surface area contributed by atoms with E-state index >= 15 is 0 Å². The molecule has 0 saturated heterocycles. The maximum Gasteiger partial charge on any atom is 0.356 e. The van der Waals surface area contributed by atoms with Crippen LogP contribution in [0.25, 0.3) is 5.65 Å². The SMILES string of the molecule is COCc1cc(=O)[nH]c2cc(C(=O)O)nn12. The van der Waals surface area contributed by atoms with Crippen molar-refractivity contribution in [1.82, 2.24) is 14.6 Å². The van der Waals surface area contributed by atoms with Crippen molar-refractivity contribution in [2.24, 2.45) is 0 Å². The molecule has 0 unspecified atom stereocenters. The third-order valence-corrected chi connectivity index (χ3v) is 2.04. The van der Waals surface area contributed by atoms with Gasteiger partial charge in [-0.05, 0) is 0 Å². The average molecular weight is 223 g/mol. The molecule has 0 atom stereocenters. The second kappa shape index (κ2) is 3.78. The van der Waals surface area contributed by atoms with Crippen molar-refractivity contribution in [1.29, 1.82) is 0 Å². The predicted molar refractivity (Wildman–Crippen MR) is 53.5 cm³/mol. The molecule has 0 aliphatic carbocycles. The van der Waals surface area contributed by atoms with Crippen molar-refractivity contribution in [2.75, 3.05) is 7.11 Å². The van der Waals surface area contributed by atoms with E-state index in [1.165, 1.54) is 23.8 Å². The summed E-state index contributed by atoms with van der Waals surface area (Å²) in [7, 11) is 1.48. The zero-order valence-electron chi connectivity index (χ0n) is 8.43. The zero-order valence-corrected chi connectivity index (χ0v) is 8.43. The van der Waals surface area contributed by atoms with Crippen LogP contribution in [0.1, 0.15) is 16.2 Å². The molecule has 0 fully saturated rings. The highest BCUT2D eigenvalue weighted by Gasteiger charge is 2.11. The third-order valence-electron chi connectivity index (χ3n) is 2.04. The van der Waals surface area contributed by atoms with Crippen molar-refractivity contribution >= 4 is 11.6 Å². The molecule has 0 aromatic carbocycles. The van der Waals surface area contributed by atoms with E-state index in [-0.39, 0.29) is 17.9 Å². The fourth-order valence-corrected chi connectivity index (χ4v) is 1.42. The molecule has 0 radical (unpaired) electrons. The molecule has 0 aliphatic heterocycles. The molecule has 2 N–H and O–H groups in total. The Morgan fingerprint density at radius 2 is 2.38 bits per heavy atom. The summed E-state index contributed by atoms with van der Waals surface area (Å²) in [5.74, 6) is -1.15. The second-order valence-electron chi connectivity index (χ2n) is 3.19. The fraction of sp³-hybridized carbons (Fsp3) is 0.222. The molecule has 0 spiro atoms. The molecule has 0 aliphatic rings. The first-order valence-corrected chi connectivity index (χ1v) is 4.46. The number of fused-ring (bicyclic) bond motifs is 1. The Morgan fingerprint density at radius 3 is 3.00 bits per heavy atom. The molecule has 7 nitrogen and oxygen atoms in total. The maximum atomic E-state index is 11.3. The number of hydrogen-bond acceptors (Lipinski definition) is 4. The molecular weight excluding hydrogens is 214 g/mol. The Hall–Kier alpha value is -2.15. The topological polar surface area (TPSA) is 96.7 Å². The first kappa shape index (κ1) is 10.4. The van der Waals surface area contributed by atoms with Gasteiger partial charge in [0.05, 0.1) is 12.3 Å². The lowest BCUT2D eigenvalue weighted by molar-refractivity contribution is 0.0690. The Balaban J connectivity index is 2.70. The van der Waals surface area contributed by atoms with Gasteiger partial charge in [-0.1, -0.05) is 0 Å². The van der Waals surface area contributed by atoms with E-state index in [0.717, 1.165) is 0 Å². The van der Waals surface area contributed by atoms with Crippen LogP contribution in [0.5, 0.6) is 0 Å². The first-order valence-electron chi connectivity index (χ1n) is 4.46. The van der Waals surface area contributed by atoms with Gasteiger partial charge in [0.15, 0.2) is 5.69 Å². The minimum atomic E-state index is -1.15. The summed E-state index contributed by atoms with van der Waals surface area (Å²) < 4.78 is 6.24. The lowest BCUT2D eigenvalue weighted by atomic mass is 10.4. The summed E-state index contributed by atoms with van der Waals surface area (Å²) in [6.07, 6.45) is 0. The van der Waals surface area contributed by atoms with Gasteiger partial charge in [-0.15, -0.1) is 0 Å². The summed E-state index contributed by atoms with van der Waals surface area (Å²) in [6.45, 7) is 0.182. The molecule has 16 heavy (non-hydrogen) atoms. The standard InChI is InChI=1S/C9H9N3O4/c1-16-4-5-2-8(13)10-7-3-6(9(14)15)11-12(5)7/h2-3H,4H2,1H3,(H,10,13)(H,14,15). The number of aromatic nitrogens is 3. The number of ether oxygens (including phenoxy) is 1. The Kier molecular flexibility index (Phi) is 2.45. The minimum Gasteiger partial charge on any atom is -0.476 e. The van der Waals surface area contributed by atoms with Gasteiger partial charge in [0, 0.05) is 19.2 Å². The zero-order chi connectivity index (χ0) is 11.7. The monoisotopic (exact) mass is 223 g/mol. The van der Waals surface area contributed by atoms with E-state index in [9.17, 15) is 9.59 Å². The number of aromatic carboxylic acids is 1. The highest BCUT2D eigenvalue weighted by molar-refractivity contribution is 5.86. The van der Waals surface area contributed by atoms with Crippen LogP contribution in [0.2, 0.25) is 0 Å². The number of nitrogens with one attached hydrogen (secondary N) is 1. The minimum absolute atomic E-state index is 0.126.